The summed E-state index contributed by atoms with van der Waals surface area (Å²) in [6.07, 6.45) is 1.17. The van der Waals surface area contributed by atoms with Crippen LogP contribution in [0.1, 0.15) is 31.8 Å². The van der Waals surface area contributed by atoms with Crippen molar-refractivity contribution in [2.45, 2.75) is 38.3 Å². The zero-order valence-corrected chi connectivity index (χ0v) is 18.1. The molecule has 2 unspecified atom stereocenters. The zero-order chi connectivity index (χ0) is 20.0. The number of nitrogens with zero attached hydrogens (tertiary/aromatic N) is 2. The van der Waals surface area contributed by atoms with Gasteiger partial charge in [-0.25, -0.2) is 4.99 Å². The molecule has 2 aliphatic rings. The summed E-state index contributed by atoms with van der Waals surface area (Å²) in [5.74, 6) is 4.38. The summed E-state index contributed by atoms with van der Waals surface area (Å²) in [5.41, 5.74) is -0.993. The molecule has 0 spiro atoms. The van der Waals surface area contributed by atoms with Gasteiger partial charge in [-0.05, 0) is 45.1 Å². The lowest BCUT2D eigenvalue weighted by molar-refractivity contribution is -0.0120. The van der Waals surface area contributed by atoms with Crippen LogP contribution in [0.4, 0.5) is 0 Å². The topological polar surface area (TPSA) is 82.3 Å². The molecule has 1 aromatic rings. The van der Waals surface area contributed by atoms with Gasteiger partial charge in [0.1, 0.15) is 17.1 Å². The van der Waals surface area contributed by atoms with Crippen molar-refractivity contribution in [2.24, 2.45) is 4.99 Å². The first-order valence-electron chi connectivity index (χ1n) is 10.2. The maximum Gasteiger partial charge on any atom is 0.191 e. The normalized spacial score (nSPS) is 26.2. The Morgan fingerprint density at radius 3 is 2.75 bits per heavy atom. The molecule has 0 bridgehead atoms. The number of ether oxygens (including phenoxy) is 1. The van der Waals surface area contributed by atoms with Crippen LogP contribution in [0, 0.1) is 6.92 Å². The van der Waals surface area contributed by atoms with E-state index in [1.165, 1.54) is 12.2 Å². The van der Waals surface area contributed by atoms with Crippen LogP contribution in [0.5, 0.6) is 0 Å². The minimum absolute atomic E-state index is 0.144. The van der Waals surface area contributed by atoms with E-state index >= 15 is 0 Å². The Labute approximate surface area is 172 Å². The van der Waals surface area contributed by atoms with Crippen molar-refractivity contribution in [3.05, 3.63) is 23.7 Å². The van der Waals surface area contributed by atoms with Crippen molar-refractivity contribution in [1.82, 2.24) is 15.5 Å². The van der Waals surface area contributed by atoms with Crippen LogP contribution in [0.15, 0.2) is 21.5 Å². The molecule has 3 N–H and O–H groups in total. The maximum absolute atomic E-state index is 10.8. The van der Waals surface area contributed by atoms with Crippen LogP contribution in [-0.4, -0.2) is 78.9 Å². The molecule has 3 rings (SSSR count). The number of hydrogen-bond acceptors (Lipinski definition) is 6. The minimum Gasteiger partial charge on any atom is -0.463 e. The van der Waals surface area contributed by atoms with Gasteiger partial charge >= 0.3 is 0 Å². The van der Waals surface area contributed by atoms with E-state index in [1.54, 1.807) is 6.92 Å². The Balaban J connectivity index is 1.65. The lowest BCUT2D eigenvalue weighted by Gasteiger charge is -2.43. The molecule has 1 aromatic heterocycles. The standard InChI is InChI=1S/C20H34N4O3S/c1-4-21-18(22-13-19(3,25)17-6-5-16(2)27-17)23-14-20(7-12-28-15-20)24-8-10-26-11-9-24/h5-6,25H,4,7-15H2,1-3H3,(H2,21,22,23). The fraction of sp³-hybridized carbons (Fsp3) is 0.750. The molecule has 0 aromatic carbocycles. The molecule has 2 atom stereocenters. The van der Waals surface area contributed by atoms with Gasteiger partial charge in [-0.2, -0.15) is 11.8 Å². The van der Waals surface area contributed by atoms with Crippen molar-refractivity contribution in [3.8, 4) is 0 Å². The Morgan fingerprint density at radius 1 is 1.36 bits per heavy atom. The lowest BCUT2D eigenvalue weighted by Crippen LogP contribution is -2.60. The summed E-state index contributed by atoms with van der Waals surface area (Å²) in [5, 5.41) is 17.6. The highest BCUT2D eigenvalue weighted by Crippen LogP contribution is 2.33. The van der Waals surface area contributed by atoms with Crippen LogP contribution in [0.25, 0.3) is 0 Å². The van der Waals surface area contributed by atoms with Gasteiger partial charge in [-0.3, -0.25) is 4.90 Å². The van der Waals surface area contributed by atoms with E-state index in [0.29, 0.717) is 5.76 Å². The van der Waals surface area contributed by atoms with Crippen molar-refractivity contribution >= 4 is 17.7 Å². The van der Waals surface area contributed by atoms with E-state index in [-0.39, 0.29) is 12.1 Å². The number of rotatable bonds is 7. The van der Waals surface area contributed by atoms with Crippen molar-refractivity contribution in [3.63, 3.8) is 0 Å². The van der Waals surface area contributed by atoms with Crippen molar-refractivity contribution in [2.75, 3.05) is 57.4 Å². The third-order valence-corrected chi connectivity index (χ3v) is 6.74. The van der Waals surface area contributed by atoms with Gasteiger partial charge in [0.05, 0.1) is 19.8 Å². The smallest absolute Gasteiger partial charge is 0.191 e. The van der Waals surface area contributed by atoms with Gasteiger partial charge < -0.3 is 24.9 Å². The second kappa shape index (κ2) is 9.52. The zero-order valence-electron chi connectivity index (χ0n) is 17.3. The van der Waals surface area contributed by atoms with Gasteiger partial charge in [0.2, 0.25) is 0 Å². The highest BCUT2D eigenvalue weighted by Gasteiger charge is 2.40. The number of thioether (sulfide) groups is 1. The molecule has 0 aliphatic carbocycles. The van der Waals surface area contributed by atoms with E-state index in [4.69, 9.17) is 9.15 Å². The predicted molar refractivity (Wildman–Crippen MR) is 114 cm³/mol. The first-order chi connectivity index (χ1) is 13.5. The first kappa shape index (κ1) is 21.5. The molecule has 2 aliphatic heterocycles. The SMILES string of the molecule is CCNC(=NCC(C)(O)c1ccc(C)o1)NCC1(N2CCOCC2)CCSC1. The number of guanidine groups is 1. The first-order valence-corrected chi connectivity index (χ1v) is 11.3. The van der Waals surface area contributed by atoms with Gasteiger partial charge in [-0.1, -0.05) is 0 Å². The quantitative estimate of drug-likeness (QED) is 0.465. The average molecular weight is 411 g/mol. The van der Waals surface area contributed by atoms with Crippen molar-refractivity contribution in [1.29, 1.82) is 0 Å². The van der Waals surface area contributed by atoms with E-state index in [1.807, 2.05) is 37.7 Å². The summed E-state index contributed by atoms with van der Waals surface area (Å²) < 4.78 is 11.1. The van der Waals surface area contributed by atoms with Crippen molar-refractivity contribution < 1.29 is 14.3 Å². The third kappa shape index (κ3) is 5.23. The number of aliphatic imine (C=N–C) groups is 1. The highest BCUT2D eigenvalue weighted by molar-refractivity contribution is 7.99. The number of nitrogens with one attached hydrogen (secondary N) is 2. The molecule has 3 heterocycles. The average Bonchev–Trinajstić information content (AvgIpc) is 3.35. The Kier molecular flexibility index (Phi) is 7.31. The molecule has 2 saturated heterocycles. The van der Waals surface area contributed by atoms with E-state index in [2.05, 4.69) is 20.5 Å². The maximum atomic E-state index is 10.8. The number of hydrogen-bond donors (Lipinski definition) is 3. The van der Waals surface area contributed by atoms with E-state index in [9.17, 15) is 5.11 Å². The molecule has 0 amide bonds. The summed E-state index contributed by atoms with van der Waals surface area (Å²) in [7, 11) is 0. The van der Waals surface area contributed by atoms with E-state index in [0.717, 1.165) is 56.9 Å². The Morgan fingerprint density at radius 2 is 2.14 bits per heavy atom. The monoisotopic (exact) mass is 410 g/mol. The van der Waals surface area contributed by atoms with E-state index < -0.39 is 5.60 Å². The second-order valence-corrected chi connectivity index (χ2v) is 8.96. The number of furan rings is 1. The molecule has 7 nitrogen and oxygen atoms in total. The molecule has 158 valence electrons. The minimum atomic E-state index is -1.14. The fourth-order valence-corrected chi connectivity index (χ4v) is 5.24. The van der Waals surface area contributed by atoms with Gasteiger partial charge in [0.25, 0.3) is 0 Å². The molecule has 2 fully saturated rings. The number of aliphatic hydroxyl groups is 1. The largest absolute Gasteiger partial charge is 0.463 e. The molecular weight excluding hydrogens is 376 g/mol. The predicted octanol–water partition coefficient (Wildman–Crippen LogP) is 1.56. The summed E-state index contributed by atoms with van der Waals surface area (Å²) in [6.45, 7) is 11.1. The summed E-state index contributed by atoms with van der Waals surface area (Å²) in [6, 6.07) is 3.68. The van der Waals surface area contributed by atoms with Crippen LogP contribution in [0.2, 0.25) is 0 Å². The molecular formula is C20H34N4O3S. The highest BCUT2D eigenvalue weighted by atomic mass is 32.2. The van der Waals surface area contributed by atoms with Gasteiger partial charge in [0.15, 0.2) is 5.96 Å². The molecule has 8 heteroatoms. The third-order valence-electron chi connectivity index (χ3n) is 5.51. The van der Waals surface area contributed by atoms with Crippen LogP contribution < -0.4 is 10.6 Å². The Hall–Kier alpha value is -1.22. The second-order valence-electron chi connectivity index (χ2n) is 7.86. The van der Waals surface area contributed by atoms with Crippen LogP contribution >= 0.6 is 11.8 Å². The molecule has 28 heavy (non-hydrogen) atoms. The lowest BCUT2D eigenvalue weighted by atomic mass is 9.95. The number of morpholine rings is 1. The van der Waals surface area contributed by atoms with Gasteiger partial charge in [-0.15, -0.1) is 0 Å². The fourth-order valence-electron chi connectivity index (χ4n) is 3.76. The van der Waals surface area contributed by atoms with Gasteiger partial charge in [0, 0.05) is 37.5 Å². The summed E-state index contributed by atoms with van der Waals surface area (Å²) >= 11 is 2.02. The van der Waals surface area contributed by atoms with Crippen LogP contribution in [0.3, 0.4) is 0 Å². The summed E-state index contributed by atoms with van der Waals surface area (Å²) in [4.78, 5) is 7.22. The molecule has 0 saturated carbocycles. The number of aryl methyl sites for hydroxylation is 1. The molecule has 0 radical (unpaired) electrons. The Bertz CT molecular complexity index is 650. The van der Waals surface area contributed by atoms with Crippen LogP contribution in [-0.2, 0) is 10.3 Å².